The van der Waals surface area contributed by atoms with Crippen molar-refractivity contribution in [2.75, 3.05) is 18.3 Å². The first-order valence-electron chi connectivity index (χ1n) is 9.37. The molecule has 6 rings (SSSR count). The Bertz CT molecular complexity index is 1290. The van der Waals surface area contributed by atoms with E-state index in [1.54, 1.807) is 30.3 Å². The van der Waals surface area contributed by atoms with Gasteiger partial charge in [-0.3, -0.25) is 4.79 Å². The summed E-state index contributed by atoms with van der Waals surface area (Å²) in [6.45, 7) is -0.341. The first-order chi connectivity index (χ1) is 15.3. The monoisotopic (exact) mass is 465 g/mol. The highest BCUT2D eigenvalue weighted by Crippen LogP contribution is 2.56. The molecule has 1 amide bonds. The van der Waals surface area contributed by atoms with E-state index in [-0.39, 0.29) is 25.8 Å². The number of halogens is 4. The number of anilines is 1. The van der Waals surface area contributed by atoms with E-state index < -0.39 is 23.4 Å². The van der Waals surface area contributed by atoms with Gasteiger partial charge in [0.2, 0.25) is 12.7 Å². The smallest absolute Gasteiger partial charge is 0.471 e. The van der Waals surface area contributed by atoms with E-state index in [1.807, 2.05) is 0 Å². The highest BCUT2D eigenvalue weighted by Gasteiger charge is 2.58. The largest absolute Gasteiger partial charge is 0.491 e. The molecule has 0 radical (unpaired) electrons. The normalized spacial score (nSPS) is 20.6. The van der Waals surface area contributed by atoms with Crippen LogP contribution in [-0.4, -0.2) is 29.4 Å². The topological polar surface area (TPSA) is 86.9 Å². The molecule has 164 valence electrons. The first-order valence-corrected chi connectivity index (χ1v) is 9.74. The van der Waals surface area contributed by atoms with Crippen molar-refractivity contribution < 1.29 is 36.7 Å². The van der Waals surface area contributed by atoms with Gasteiger partial charge >= 0.3 is 12.1 Å². The van der Waals surface area contributed by atoms with Gasteiger partial charge in [-0.15, -0.1) is 0 Å². The highest BCUT2D eigenvalue weighted by molar-refractivity contribution is 6.33. The third kappa shape index (κ3) is 2.48. The number of benzene rings is 2. The van der Waals surface area contributed by atoms with Gasteiger partial charge in [-0.05, 0) is 18.2 Å². The van der Waals surface area contributed by atoms with Gasteiger partial charge in [-0.25, -0.2) is 0 Å². The molecular formula is C20H11ClF3N3O5. The van der Waals surface area contributed by atoms with Gasteiger partial charge in [-0.2, -0.15) is 18.2 Å². The van der Waals surface area contributed by atoms with Gasteiger partial charge in [0.15, 0.2) is 17.3 Å². The second-order valence-corrected chi connectivity index (χ2v) is 7.84. The molecule has 2 aromatic carbocycles. The number of rotatable bonds is 2. The molecular weight excluding hydrogens is 455 g/mol. The average molecular weight is 466 g/mol. The Hall–Kier alpha value is -3.47. The summed E-state index contributed by atoms with van der Waals surface area (Å²) >= 11 is 6.53. The quantitative estimate of drug-likeness (QED) is 0.570. The Morgan fingerprint density at radius 3 is 2.66 bits per heavy atom. The van der Waals surface area contributed by atoms with Crippen molar-refractivity contribution in [3.8, 4) is 17.2 Å². The number of alkyl halides is 3. The Morgan fingerprint density at radius 2 is 1.91 bits per heavy atom. The summed E-state index contributed by atoms with van der Waals surface area (Å²) in [5, 5.41) is 3.70. The first kappa shape index (κ1) is 19.2. The minimum Gasteiger partial charge on any atom is -0.491 e. The van der Waals surface area contributed by atoms with Crippen LogP contribution in [-0.2, 0) is 22.9 Å². The number of hydrogen-bond acceptors (Lipinski definition) is 7. The molecule has 0 fully saturated rings. The predicted molar refractivity (Wildman–Crippen MR) is 101 cm³/mol. The van der Waals surface area contributed by atoms with Crippen LogP contribution in [0.25, 0.3) is 0 Å². The summed E-state index contributed by atoms with van der Waals surface area (Å²) in [5.41, 5.74) is 0.145. The number of nitrogens with zero attached hydrogens (tertiary/aromatic N) is 3. The van der Waals surface area contributed by atoms with Crippen molar-refractivity contribution in [2.45, 2.75) is 18.1 Å². The fraction of sp³-hybridized carbons (Fsp3) is 0.250. The number of ether oxygens (including phenoxy) is 3. The van der Waals surface area contributed by atoms with Crippen LogP contribution < -0.4 is 19.1 Å². The molecule has 4 heterocycles. The lowest BCUT2D eigenvalue weighted by molar-refractivity contribution is -0.159. The zero-order valence-electron chi connectivity index (χ0n) is 15.9. The molecule has 8 nitrogen and oxygen atoms in total. The van der Waals surface area contributed by atoms with Crippen LogP contribution in [0.5, 0.6) is 17.2 Å². The van der Waals surface area contributed by atoms with Crippen LogP contribution in [0.1, 0.15) is 22.8 Å². The molecule has 0 N–H and O–H groups in total. The summed E-state index contributed by atoms with van der Waals surface area (Å²) in [5.74, 6) is -0.817. The van der Waals surface area contributed by atoms with Gasteiger partial charge in [0, 0.05) is 22.2 Å². The average Bonchev–Trinajstić information content (AvgIpc) is 3.51. The fourth-order valence-electron chi connectivity index (χ4n) is 4.36. The molecule has 0 saturated carbocycles. The second-order valence-electron chi connectivity index (χ2n) is 7.43. The molecule has 1 unspecified atom stereocenters. The molecule has 12 heteroatoms. The maximum Gasteiger partial charge on any atom is 0.471 e. The third-order valence-corrected chi connectivity index (χ3v) is 6.02. The number of fused-ring (bicyclic) bond motifs is 5. The van der Waals surface area contributed by atoms with Crippen LogP contribution in [0.2, 0.25) is 5.02 Å². The Kier molecular flexibility index (Phi) is 3.78. The second kappa shape index (κ2) is 6.28. The summed E-state index contributed by atoms with van der Waals surface area (Å²) < 4.78 is 59.6. The molecule has 0 aliphatic carbocycles. The lowest BCUT2D eigenvalue weighted by Crippen LogP contribution is -2.42. The molecule has 3 aromatic rings. The minimum absolute atomic E-state index is 0.0437. The molecule has 0 bridgehead atoms. The van der Waals surface area contributed by atoms with Crippen LogP contribution in [0.15, 0.2) is 34.9 Å². The van der Waals surface area contributed by atoms with E-state index in [0.717, 1.165) is 0 Å². The van der Waals surface area contributed by atoms with E-state index in [2.05, 4.69) is 14.7 Å². The molecule has 3 aliphatic rings. The van der Waals surface area contributed by atoms with Crippen molar-refractivity contribution >= 4 is 23.2 Å². The lowest BCUT2D eigenvalue weighted by atomic mass is 9.77. The van der Waals surface area contributed by atoms with E-state index in [0.29, 0.717) is 39.1 Å². The van der Waals surface area contributed by atoms with Gasteiger partial charge in [0.05, 0.1) is 12.2 Å². The molecule has 1 aromatic heterocycles. The maximum absolute atomic E-state index is 13.8. The van der Waals surface area contributed by atoms with E-state index in [4.69, 9.17) is 25.8 Å². The Labute approximate surface area is 182 Å². The van der Waals surface area contributed by atoms with Crippen LogP contribution in [0.3, 0.4) is 0 Å². The Balaban J connectivity index is 1.48. The standard InChI is InChI=1S/C20H11ClF3N3O5/c21-10-2-1-3-11-16(10)19(7-29-12-5-14-13(4-9(12)19)30-8-31-14)18(28)27(11)6-15-25-17(32-26-15)20(22,23)24/h1-5H,6-8H2. The van der Waals surface area contributed by atoms with E-state index >= 15 is 0 Å². The zero-order valence-corrected chi connectivity index (χ0v) is 16.7. The molecule has 32 heavy (non-hydrogen) atoms. The van der Waals surface area contributed by atoms with Crippen molar-refractivity contribution in [2.24, 2.45) is 0 Å². The van der Waals surface area contributed by atoms with Gasteiger partial charge < -0.3 is 23.6 Å². The molecule has 1 spiro atoms. The Morgan fingerprint density at radius 1 is 1.12 bits per heavy atom. The number of carbonyl (C=O) groups is 1. The number of aromatic nitrogens is 2. The van der Waals surface area contributed by atoms with Crippen LogP contribution in [0.4, 0.5) is 18.9 Å². The molecule has 3 aliphatic heterocycles. The van der Waals surface area contributed by atoms with Gasteiger partial charge in [-0.1, -0.05) is 22.8 Å². The molecule has 0 saturated heterocycles. The van der Waals surface area contributed by atoms with E-state index in [9.17, 15) is 18.0 Å². The molecule has 1 atom stereocenters. The number of hydrogen-bond donors (Lipinski definition) is 0. The SMILES string of the molecule is O=C1N(Cc2noc(C(F)(F)F)n2)c2cccc(Cl)c2C12COc1cc3c(cc12)OCO3. The van der Waals surface area contributed by atoms with Gasteiger partial charge in [0.1, 0.15) is 17.8 Å². The number of amides is 1. The van der Waals surface area contributed by atoms with Crippen molar-refractivity contribution in [3.63, 3.8) is 0 Å². The summed E-state index contributed by atoms with van der Waals surface area (Å²) in [4.78, 5) is 18.5. The van der Waals surface area contributed by atoms with Crippen molar-refractivity contribution in [1.82, 2.24) is 10.1 Å². The summed E-state index contributed by atoms with van der Waals surface area (Å²) in [6.07, 6.45) is -4.79. The van der Waals surface area contributed by atoms with Crippen molar-refractivity contribution in [3.05, 3.63) is 58.2 Å². The lowest BCUT2D eigenvalue weighted by Gasteiger charge is -2.23. The van der Waals surface area contributed by atoms with Gasteiger partial charge in [0.25, 0.3) is 0 Å². The fourth-order valence-corrected chi connectivity index (χ4v) is 4.69. The maximum atomic E-state index is 13.8. The zero-order chi connectivity index (χ0) is 22.3. The van der Waals surface area contributed by atoms with Crippen LogP contribution in [0, 0.1) is 0 Å². The van der Waals surface area contributed by atoms with Crippen LogP contribution >= 0.6 is 11.6 Å². The third-order valence-electron chi connectivity index (χ3n) is 5.71. The van der Waals surface area contributed by atoms with E-state index in [1.165, 1.54) is 4.90 Å². The summed E-state index contributed by atoms with van der Waals surface area (Å²) in [6, 6.07) is 8.26. The number of carbonyl (C=O) groups excluding carboxylic acids is 1. The minimum atomic E-state index is -4.79. The summed E-state index contributed by atoms with van der Waals surface area (Å²) in [7, 11) is 0. The highest BCUT2D eigenvalue weighted by atomic mass is 35.5. The predicted octanol–water partition coefficient (Wildman–Crippen LogP) is 3.70. The van der Waals surface area contributed by atoms with Crippen molar-refractivity contribution in [1.29, 1.82) is 0 Å².